The van der Waals surface area contributed by atoms with E-state index in [2.05, 4.69) is 10.3 Å². The molecule has 1 saturated carbocycles. The van der Waals surface area contributed by atoms with Gasteiger partial charge in [0.25, 0.3) is 0 Å². The van der Waals surface area contributed by atoms with E-state index in [9.17, 15) is 8.78 Å². The molecule has 0 saturated heterocycles. The molecule has 0 amide bonds. The summed E-state index contributed by atoms with van der Waals surface area (Å²) in [5.74, 6) is -2.60. The van der Waals surface area contributed by atoms with Crippen molar-refractivity contribution in [1.29, 1.82) is 0 Å². The molecule has 0 bridgehead atoms. The first kappa shape index (κ1) is 17.6. The Morgan fingerprint density at radius 3 is 2.61 bits per heavy atom. The Labute approximate surface area is 181 Å². The summed E-state index contributed by atoms with van der Waals surface area (Å²) in [5, 5.41) is 8.26. The Morgan fingerprint density at radius 2 is 1.97 bits per heavy atom. The number of nitrogens with zero attached hydrogens (tertiary/aromatic N) is 5. The average molecular weight is 427 g/mol. The smallest absolute Gasteiger partial charge is 0.248 e. The van der Waals surface area contributed by atoms with Gasteiger partial charge in [0.2, 0.25) is 5.92 Å². The number of halogens is 2. The number of aryl methyl sites for hydroxylation is 3. The molecule has 5 rings (SSSR count). The van der Waals surface area contributed by atoms with E-state index >= 15 is 0 Å². The first-order valence-electron chi connectivity index (χ1n) is 11.4. The number of hydrogen-bond donors (Lipinski definition) is 0. The highest BCUT2D eigenvalue weighted by Gasteiger charge is 2.35. The lowest BCUT2D eigenvalue weighted by Crippen LogP contribution is -2.26. The second kappa shape index (κ2) is 7.28. The molecular weight excluding hydrogens is 400 g/mol. The molecular formula is C23H25F2N5O. The molecule has 0 spiro atoms. The predicted octanol–water partition coefficient (Wildman–Crippen LogP) is 5.53. The summed E-state index contributed by atoms with van der Waals surface area (Å²) in [6.45, 7) is 1.80. The van der Waals surface area contributed by atoms with Crippen LogP contribution in [0.5, 0.6) is 0 Å². The molecule has 0 unspecified atom stereocenters. The highest BCUT2D eigenvalue weighted by atomic mass is 19.3. The van der Waals surface area contributed by atoms with Crippen LogP contribution in [0.3, 0.4) is 0 Å². The number of rotatable bonds is 4. The normalized spacial score (nSPS) is 18.4. The maximum Gasteiger partial charge on any atom is 0.248 e. The maximum absolute atomic E-state index is 13.8. The molecule has 0 atom stereocenters. The Hall–Kier alpha value is -3.03. The summed E-state index contributed by atoms with van der Waals surface area (Å²) in [6, 6.07) is 1.88. The van der Waals surface area contributed by atoms with Crippen LogP contribution in [0.1, 0.15) is 39.9 Å². The van der Waals surface area contributed by atoms with Crippen LogP contribution in [0.25, 0.3) is 33.3 Å². The van der Waals surface area contributed by atoms with Crippen LogP contribution in [-0.4, -0.2) is 30.4 Å². The van der Waals surface area contributed by atoms with E-state index in [4.69, 9.17) is 12.2 Å². The third-order valence-corrected chi connectivity index (χ3v) is 6.02. The molecule has 4 aromatic rings. The van der Waals surface area contributed by atoms with Crippen LogP contribution in [0.4, 0.5) is 8.78 Å². The first-order valence-corrected chi connectivity index (χ1v) is 10.4. The second-order valence-corrected chi connectivity index (χ2v) is 8.37. The number of alkyl halides is 2. The zero-order chi connectivity index (χ0) is 23.5. The Balaban J connectivity index is 1.68. The predicted molar refractivity (Wildman–Crippen MR) is 114 cm³/mol. The lowest BCUT2D eigenvalue weighted by atomic mass is 9.87. The van der Waals surface area contributed by atoms with Gasteiger partial charge in [-0.05, 0) is 38.7 Å². The summed E-state index contributed by atoms with van der Waals surface area (Å²) in [5.41, 5.74) is 5.08. The van der Waals surface area contributed by atoms with E-state index in [-0.39, 0.29) is 25.7 Å². The minimum atomic E-state index is -2.72. The molecule has 0 aromatic carbocycles. The standard InChI is InChI=1S/C23H25F2N5O/c1-14-21(15(2)31-28-14)17-8-20-22(26-9-17)19(18-10-27-29(3)12-18)13-30(20)11-16-4-6-23(24,25)7-5-16/h8-10,12-13,16H,4-7,11H2,1-3H3/i11D2. The van der Waals surface area contributed by atoms with Gasteiger partial charge in [0.05, 0.1) is 25.7 Å². The van der Waals surface area contributed by atoms with Gasteiger partial charge < -0.3 is 9.09 Å². The minimum Gasteiger partial charge on any atom is -0.361 e. The van der Waals surface area contributed by atoms with E-state index in [1.165, 1.54) is 0 Å². The van der Waals surface area contributed by atoms with Crippen LogP contribution in [0, 0.1) is 19.8 Å². The molecule has 162 valence electrons. The first-order chi connectivity index (χ1) is 15.6. The van der Waals surface area contributed by atoms with Gasteiger partial charge in [-0.15, -0.1) is 0 Å². The average Bonchev–Trinajstić information content (AvgIpc) is 3.44. The van der Waals surface area contributed by atoms with Gasteiger partial charge in [-0.3, -0.25) is 9.67 Å². The Bertz CT molecular complexity index is 1310. The molecule has 4 heterocycles. The van der Waals surface area contributed by atoms with Crippen molar-refractivity contribution in [1.82, 2.24) is 24.5 Å². The lowest BCUT2D eigenvalue weighted by Gasteiger charge is -2.28. The second-order valence-electron chi connectivity index (χ2n) is 8.37. The summed E-state index contributed by atoms with van der Waals surface area (Å²) >= 11 is 0. The van der Waals surface area contributed by atoms with Crippen LogP contribution in [0.15, 0.2) is 35.4 Å². The minimum absolute atomic E-state index is 0.124. The highest BCUT2D eigenvalue weighted by molar-refractivity contribution is 5.94. The van der Waals surface area contributed by atoms with Gasteiger partial charge in [0.15, 0.2) is 0 Å². The van der Waals surface area contributed by atoms with Gasteiger partial charge in [0.1, 0.15) is 5.76 Å². The summed E-state index contributed by atoms with van der Waals surface area (Å²) in [7, 11) is 1.81. The van der Waals surface area contributed by atoms with E-state index in [0.717, 1.165) is 27.9 Å². The van der Waals surface area contributed by atoms with Crippen LogP contribution in [0.2, 0.25) is 0 Å². The van der Waals surface area contributed by atoms with Crippen LogP contribution in [-0.2, 0) is 13.5 Å². The van der Waals surface area contributed by atoms with Crippen LogP contribution < -0.4 is 0 Å². The van der Waals surface area contributed by atoms with Crippen molar-refractivity contribution in [3.63, 3.8) is 0 Å². The molecule has 1 aliphatic carbocycles. The number of hydrogen-bond acceptors (Lipinski definition) is 4. The van der Waals surface area contributed by atoms with E-state index in [1.54, 1.807) is 27.8 Å². The molecule has 0 radical (unpaired) electrons. The summed E-state index contributed by atoms with van der Waals surface area (Å²) < 4.78 is 54.1. The van der Waals surface area contributed by atoms with E-state index in [1.807, 2.05) is 33.2 Å². The molecule has 0 N–H and O–H groups in total. The van der Waals surface area contributed by atoms with Crippen molar-refractivity contribution in [2.75, 3.05) is 0 Å². The van der Waals surface area contributed by atoms with Crippen LogP contribution >= 0.6 is 0 Å². The molecule has 4 aromatic heterocycles. The van der Waals surface area contributed by atoms with Crippen molar-refractivity contribution >= 4 is 11.0 Å². The lowest BCUT2D eigenvalue weighted by molar-refractivity contribution is -0.0472. The molecule has 0 aliphatic heterocycles. The van der Waals surface area contributed by atoms with Crippen molar-refractivity contribution in [3.8, 4) is 22.3 Å². The number of fused-ring (bicyclic) bond motifs is 1. The number of pyridine rings is 1. The van der Waals surface area contributed by atoms with Gasteiger partial charge in [-0.2, -0.15) is 5.10 Å². The molecule has 1 fully saturated rings. The maximum atomic E-state index is 13.8. The van der Waals surface area contributed by atoms with Gasteiger partial charge >= 0.3 is 0 Å². The molecule has 1 aliphatic rings. The largest absolute Gasteiger partial charge is 0.361 e. The molecule has 31 heavy (non-hydrogen) atoms. The SMILES string of the molecule is [2H]C([2H])(C1CCC(F)(F)CC1)n1cc(-c2cnn(C)c2)c2ncc(-c3c(C)noc3C)cc21. The van der Waals surface area contributed by atoms with E-state index in [0.29, 0.717) is 16.8 Å². The summed E-state index contributed by atoms with van der Waals surface area (Å²) in [4.78, 5) is 4.69. The van der Waals surface area contributed by atoms with Gasteiger partial charge in [0, 0.05) is 67.2 Å². The molecule has 8 heteroatoms. The fraction of sp³-hybridized carbons (Fsp3) is 0.435. The van der Waals surface area contributed by atoms with Crippen molar-refractivity contribution in [2.45, 2.75) is 52.0 Å². The third-order valence-electron chi connectivity index (χ3n) is 6.02. The van der Waals surface area contributed by atoms with Gasteiger partial charge in [-0.25, -0.2) is 8.78 Å². The van der Waals surface area contributed by atoms with Crippen molar-refractivity contribution in [3.05, 3.63) is 42.3 Å². The highest BCUT2D eigenvalue weighted by Crippen LogP contribution is 2.39. The van der Waals surface area contributed by atoms with Crippen molar-refractivity contribution < 1.29 is 16.0 Å². The fourth-order valence-corrected chi connectivity index (χ4v) is 4.38. The van der Waals surface area contributed by atoms with E-state index < -0.39 is 18.3 Å². The monoisotopic (exact) mass is 427 g/mol. The third kappa shape index (κ3) is 3.64. The van der Waals surface area contributed by atoms with Gasteiger partial charge in [-0.1, -0.05) is 5.16 Å². The number of aromatic nitrogens is 5. The zero-order valence-corrected chi connectivity index (χ0v) is 17.7. The molecule has 6 nitrogen and oxygen atoms in total. The fourth-order valence-electron chi connectivity index (χ4n) is 4.38. The summed E-state index contributed by atoms with van der Waals surface area (Å²) in [6.07, 6.45) is 6.68. The topological polar surface area (TPSA) is 61.7 Å². The zero-order valence-electron chi connectivity index (χ0n) is 19.7. The Kier molecular flexibility index (Phi) is 4.14. The van der Waals surface area contributed by atoms with Crippen molar-refractivity contribution in [2.24, 2.45) is 13.0 Å². The quantitative estimate of drug-likeness (QED) is 0.429. The Morgan fingerprint density at radius 1 is 1.19 bits per heavy atom.